The smallest absolute Gasteiger partial charge is 0.230 e. The van der Waals surface area contributed by atoms with Gasteiger partial charge in [0, 0.05) is 5.02 Å². The van der Waals surface area contributed by atoms with E-state index in [4.69, 9.17) is 11.6 Å². The molecule has 1 aromatic heterocycles. The molecule has 0 aliphatic heterocycles. The standard InChI is InChI=1S/C19H19ClN4OS/c1-13-5-3-4-6-17(13)24-12-21-23-19(24)26-11-18(25)22-14(2)15-7-9-16(20)10-8-15/h3-10,12,14H,11H2,1-2H3,(H,22,25)/t14-/m0/s1. The van der Waals surface area contributed by atoms with Crippen LogP contribution in [0.3, 0.4) is 0 Å². The number of carbonyl (C=O) groups excluding carboxylic acids is 1. The van der Waals surface area contributed by atoms with Gasteiger partial charge in [0.15, 0.2) is 5.16 Å². The van der Waals surface area contributed by atoms with Gasteiger partial charge in [0.25, 0.3) is 0 Å². The Labute approximate surface area is 161 Å². The van der Waals surface area contributed by atoms with Crippen LogP contribution in [0, 0.1) is 6.92 Å². The average molecular weight is 387 g/mol. The summed E-state index contributed by atoms with van der Waals surface area (Å²) in [5.74, 6) is 0.208. The summed E-state index contributed by atoms with van der Waals surface area (Å²) >= 11 is 7.26. The molecule has 1 N–H and O–H groups in total. The molecule has 3 rings (SSSR count). The van der Waals surface area contributed by atoms with Gasteiger partial charge < -0.3 is 5.32 Å². The van der Waals surface area contributed by atoms with E-state index in [0.717, 1.165) is 16.8 Å². The molecule has 1 atom stereocenters. The van der Waals surface area contributed by atoms with E-state index in [1.807, 2.05) is 66.9 Å². The minimum Gasteiger partial charge on any atom is -0.349 e. The molecule has 1 heterocycles. The second kappa shape index (κ2) is 8.38. The Morgan fingerprint density at radius 3 is 2.69 bits per heavy atom. The second-order valence-corrected chi connectivity index (χ2v) is 7.28. The first-order valence-corrected chi connectivity index (χ1v) is 9.54. The van der Waals surface area contributed by atoms with Crippen molar-refractivity contribution in [2.45, 2.75) is 25.0 Å². The summed E-state index contributed by atoms with van der Waals surface area (Å²) in [5.41, 5.74) is 3.14. The molecule has 0 spiro atoms. The Hall–Kier alpha value is -2.31. The van der Waals surface area contributed by atoms with Gasteiger partial charge in [0.05, 0.1) is 17.5 Å². The molecule has 134 valence electrons. The molecule has 0 aliphatic rings. The number of nitrogens with zero attached hydrogens (tertiary/aromatic N) is 3. The zero-order chi connectivity index (χ0) is 18.5. The molecule has 3 aromatic rings. The predicted octanol–water partition coefficient (Wildman–Crippen LogP) is 4.20. The summed E-state index contributed by atoms with van der Waals surface area (Å²) in [4.78, 5) is 12.3. The third-order valence-electron chi connectivity index (χ3n) is 3.97. The van der Waals surface area contributed by atoms with Crippen molar-refractivity contribution in [3.05, 3.63) is 71.0 Å². The number of benzene rings is 2. The second-order valence-electron chi connectivity index (χ2n) is 5.90. The van der Waals surface area contributed by atoms with Crippen LogP contribution in [-0.2, 0) is 4.79 Å². The number of hydrogen-bond acceptors (Lipinski definition) is 4. The number of hydrogen-bond donors (Lipinski definition) is 1. The molecule has 26 heavy (non-hydrogen) atoms. The van der Waals surface area contributed by atoms with Gasteiger partial charge in [0.2, 0.25) is 5.91 Å². The summed E-state index contributed by atoms with van der Waals surface area (Å²) in [6.45, 7) is 3.98. The molecular weight excluding hydrogens is 368 g/mol. The lowest BCUT2D eigenvalue weighted by Gasteiger charge is -2.14. The highest BCUT2D eigenvalue weighted by atomic mass is 35.5. The number of halogens is 1. The highest BCUT2D eigenvalue weighted by Gasteiger charge is 2.13. The van der Waals surface area contributed by atoms with Crippen LogP contribution >= 0.6 is 23.4 Å². The molecule has 0 radical (unpaired) electrons. The van der Waals surface area contributed by atoms with Crippen LogP contribution in [0.15, 0.2) is 60.0 Å². The minimum absolute atomic E-state index is 0.0585. The predicted molar refractivity (Wildman–Crippen MR) is 105 cm³/mol. The lowest BCUT2D eigenvalue weighted by molar-refractivity contribution is -0.119. The lowest BCUT2D eigenvalue weighted by Crippen LogP contribution is -2.28. The number of nitrogens with one attached hydrogen (secondary N) is 1. The highest BCUT2D eigenvalue weighted by molar-refractivity contribution is 7.99. The zero-order valence-electron chi connectivity index (χ0n) is 14.5. The Balaban J connectivity index is 1.61. The maximum absolute atomic E-state index is 12.3. The number of thioether (sulfide) groups is 1. The number of rotatable bonds is 6. The third kappa shape index (κ3) is 4.45. The maximum atomic E-state index is 12.3. The number of aromatic nitrogens is 3. The van der Waals surface area contributed by atoms with Gasteiger partial charge in [-0.2, -0.15) is 0 Å². The zero-order valence-corrected chi connectivity index (χ0v) is 16.1. The molecule has 5 nitrogen and oxygen atoms in total. The van der Waals surface area contributed by atoms with E-state index in [1.165, 1.54) is 11.8 Å². The molecule has 0 aliphatic carbocycles. The molecule has 0 fully saturated rings. The fraction of sp³-hybridized carbons (Fsp3) is 0.211. The number of aryl methyl sites for hydroxylation is 1. The van der Waals surface area contributed by atoms with Crippen LogP contribution in [0.4, 0.5) is 0 Å². The van der Waals surface area contributed by atoms with Crippen molar-refractivity contribution in [3.8, 4) is 5.69 Å². The first-order chi connectivity index (χ1) is 12.5. The summed E-state index contributed by atoms with van der Waals surface area (Å²) in [6, 6.07) is 15.4. The van der Waals surface area contributed by atoms with Gasteiger partial charge in [-0.25, -0.2) is 0 Å². The van der Waals surface area contributed by atoms with E-state index < -0.39 is 0 Å². The number of amides is 1. The van der Waals surface area contributed by atoms with E-state index >= 15 is 0 Å². The van der Waals surface area contributed by atoms with Crippen molar-refractivity contribution < 1.29 is 4.79 Å². The van der Waals surface area contributed by atoms with E-state index in [1.54, 1.807) is 6.33 Å². The molecule has 0 saturated heterocycles. The fourth-order valence-electron chi connectivity index (χ4n) is 2.57. The molecule has 2 aromatic carbocycles. The topological polar surface area (TPSA) is 59.8 Å². The Morgan fingerprint density at radius 1 is 1.23 bits per heavy atom. The molecular formula is C19H19ClN4OS. The molecule has 0 bridgehead atoms. The number of para-hydroxylation sites is 1. The van der Waals surface area contributed by atoms with Crippen molar-refractivity contribution >= 4 is 29.3 Å². The SMILES string of the molecule is Cc1ccccc1-n1cnnc1SCC(=O)N[C@@H](C)c1ccc(Cl)cc1. The monoisotopic (exact) mass is 386 g/mol. The first-order valence-electron chi connectivity index (χ1n) is 8.18. The largest absolute Gasteiger partial charge is 0.349 e. The average Bonchev–Trinajstić information content (AvgIpc) is 3.09. The van der Waals surface area contributed by atoms with Gasteiger partial charge in [-0.1, -0.05) is 53.7 Å². The van der Waals surface area contributed by atoms with Crippen molar-refractivity contribution in [3.63, 3.8) is 0 Å². The van der Waals surface area contributed by atoms with Crippen molar-refractivity contribution in [1.82, 2.24) is 20.1 Å². The van der Waals surface area contributed by atoms with Crippen molar-refractivity contribution in [2.75, 3.05) is 5.75 Å². The van der Waals surface area contributed by atoms with E-state index in [0.29, 0.717) is 10.2 Å². The molecule has 0 saturated carbocycles. The summed E-state index contributed by atoms with van der Waals surface area (Å²) in [6.07, 6.45) is 1.67. The maximum Gasteiger partial charge on any atom is 0.230 e. The van der Waals surface area contributed by atoms with Gasteiger partial charge in [0.1, 0.15) is 6.33 Å². The van der Waals surface area contributed by atoms with E-state index in [9.17, 15) is 4.79 Å². The van der Waals surface area contributed by atoms with Gasteiger partial charge in [-0.3, -0.25) is 9.36 Å². The Bertz CT molecular complexity index is 895. The molecule has 0 unspecified atom stereocenters. The van der Waals surface area contributed by atoms with E-state index in [2.05, 4.69) is 15.5 Å². The van der Waals surface area contributed by atoms with Crippen LogP contribution < -0.4 is 5.32 Å². The van der Waals surface area contributed by atoms with Crippen LogP contribution in [0.5, 0.6) is 0 Å². The summed E-state index contributed by atoms with van der Waals surface area (Å²) in [5, 5.41) is 12.5. The Morgan fingerprint density at radius 2 is 1.96 bits per heavy atom. The summed E-state index contributed by atoms with van der Waals surface area (Å²) < 4.78 is 1.90. The normalized spacial score (nSPS) is 12.0. The lowest BCUT2D eigenvalue weighted by atomic mass is 10.1. The number of carbonyl (C=O) groups is 1. The Kier molecular flexibility index (Phi) is 5.96. The third-order valence-corrected chi connectivity index (χ3v) is 5.17. The fourth-order valence-corrected chi connectivity index (χ4v) is 3.43. The van der Waals surface area contributed by atoms with Crippen molar-refractivity contribution in [1.29, 1.82) is 0 Å². The van der Waals surface area contributed by atoms with Gasteiger partial charge >= 0.3 is 0 Å². The van der Waals surface area contributed by atoms with Crippen LogP contribution in [0.25, 0.3) is 5.69 Å². The molecule has 7 heteroatoms. The van der Waals surface area contributed by atoms with Gasteiger partial charge in [-0.05, 0) is 43.2 Å². The van der Waals surface area contributed by atoms with E-state index in [-0.39, 0.29) is 17.7 Å². The minimum atomic E-state index is -0.0883. The quantitative estimate of drug-likeness (QED) is 0.645. The first kappa shape index (κ1) is 18.5. The van der Waals surface area contributed by atoms with Crippen LogP contribution in [-0.4, -0.2) is 26.4 Å². The highest BCUT2D eigenvalue weighted by Crippen LogP contribution is 2.22. The van der Waals surface area contributed by atoms with Crippen LogP contribution in [0.1, 0.15) is 24.1 Å². The van der Waals surface area contributed by atoms with Crippen LogP contribution in [0.2, 0.25) is 5.02 Å². The molecule has 1 amide bonds. The summed E-state index contributed by atoms with van der Waals surface area (Å²) in [7, 11) is 0. The van der Waals surface area contributed by atoms with Crippen molar-refractivity contribution in [2.24, 2.45) is 0 Å². The van der Waals surface area contributed by atoms with Gasteiger partial charge in [-0.15, -0.1) is 10.2 Å².